The standard InChI is InChI=1S/C24H36N2O6/c1-16(2)14-18(22(29)31-15-17-10-7-6-8-11-17)25-21(28)20(27)19-12-9-13-26(19)23(30)32-24(3,4)5/h6-8,10-11,16,18-20,27H,9,12-15H2,1-5H3,(H,25,28)/t18-,19?,20?/m1/s1. The molecule has 8 heteroatoms. The molecule has 0 saturated carbocycles. The van der Waals surface area contributed by atoms with E-state index in [1.54, 1.807) is 20.8 Å². The monoisotopic (exact) mass is 448 g/mol. The quantitative estimate of drug-likeness (QED) is 0.593. The molecule has 0 spiro atoms. The summed E-state index contributed by atoms with van der Waals surface area (Å²) in [6.45, 7) is 9.65. The second-order valence-electron chi connectivity index (χ2n) is 9.61. The Balaban J connectivity index is 2.01. The predicted octanol–water partition coefficient (Wildman–Crippen LogP) is 3.02. The van der Waals surface area contributed by atoms with Crippen molar-refractivity contribution in [1.29, 1.82) is 0 Å². The Morgan fingerprint density at radius 2 is 1.84 bits per heavy atom. The fraction of sp³-hybridized carbons (Fsp3) is 0.625. The summed E-state index contributed by atoms with van der Waals surface area (Å²) >= 11 is 0. The van der Waals surface area contributed by atoms with Crippen LogP contribution in [0.15, 0.2) is 30.3 Å². The summed E-state index contributed by atoms with van der Waals surface area (Å²) < 4.78 is 10.8. The minimum atomic E-state index is -1.47. The van der Waals surface area contributed by atoms with E-state index in [0.717, 1.165) is 5.56 Å². The Kier molecular flexibility index (Phi) is 9.07. The van der Waals surface area contributed by atoms with Crippen molar-refractivity contribution in [2.24, 2.45) is 5.92 Å². The van der Waals surface area contributed by atoms with E-state index in [1.807, 2.05) is 44.2 Å². The molecule has 1 aliphatic heterocycles. The van der Waals surface area contributed by atoms with E-state index in [9.17, 15) is 19.5 Å². The zero-order chi connectivity index (χ0) is 23.9. The Bertz CT molecular complexity index is 774. The van der Waals surface area contributed by atoms with Crippen LogP contribution in [0, 0.1) is 5.92 Å². The SMILES string of the molecule is CC(C)C[C@@H](NC(=O)C(O)C1CCCN1C(=O)OC(C)(C)C)C(=O)OCc1ccccc1. The molecule has 0 bridgehead atoms. The van der Waals surface area contributed by atoms with Gasteiger partial charge in [-0.1, -0.05) is 44.2 Å². The predicted molar refractivity (Wildman–Crippen MR) is 120 cm³/mol. The zero-order valence-corrected chi connectivity index (χ0v) is 19.7. The third-order valence-electron chi connectivity index (χ3n) is 5.09. The van der Waals surface area contributed by atoms with Crippen molar-refractivity contribution >= 4 is 18.0 Å². The third-order valence-corrected chi connectivity index (χ3v) is 5.09. The van der Waals surface area contributed by atoms with Gasteiger partial charge < -0.3 is 24.8 Å². The van der Waals surface area contributed by atoms with E-state index in [1.165, 1.54) is 4.90 Å². The summed E-state index contributed by atoms with van der Waals surface area (Å²) in [4.78, 5) is 39.3. The number of hydrogen-bond donors (Lipinski definition) is 2. The number of hydrogen-bond acceptors (Lipinski definition) is 6. The maximum absolute atomic E-state index is 12.8. The summed E-state index contributed by atoms with van der Waals surface area (Å²) in [5, 5.41) is 13.3. The summed E-state index contributed by atoms with van der Waals surface area (Å²) in [5.41, 5.74) is 0.164. The molecule has 1 fully saturated rings. The third kappa shape index (κ3) is 7.82. The first kappa shape index (κ1) is 25.6. The maximum atomic E-state index is 12.8. The molecule has 0 aliphatic carbocycles. The average Bonchev–Trinajstić information content (AvgIpc) is 3.20. The van der Waals surface area contributed by atoms with Crippen molar-refractivity contribution < 1.29 is 29.0 Å². The number of carbonyl (C=O) groups excluding carboxylic acids is 3. The summed E-state index contributed by atoms with van der Waals surface area (Å²) in [5.74, 6) is -1.14. The zero-order valence-electron chi connectivity index (χ0n) is 19.7. The van der Waals surface area contributed by atoms with Crippen LogP contribution in [-0.2, 0) is 25.7 Å². The molecule has 2 amide bonds. The normalized spacial score (nSPS) is 18.2. The molecule has 32 heavy (non-hydrogen) atoms. The van der Waals surface area contributed by atoms with Gasteiger partial charge in [-0.3, -0.25) is 4.79 Å². The van der Waals surface area contributed by atoms with Gasteiger partial charge >= 0.3 is 12.1 Å². The highest BCUT2D eigenvalue weighted by Crippen LogP contribution is 2.23. The molecule has 0 radical (unpaired) electrons. The van der Waals surface area contributed by atoms with E-state index in [0.29, 0.717) is 25.8 Å². The molecule has 0 aromatic heterocycles. The number of likely N-dealkylation sites (tertiary alicyclic amines) is 1. The number of aliphatic hydroxyl groups is 1. The van der Waals surface area contributed by atoms with Gasteiger partial charge in [0.2, 0.25) is 0 Å². The number of amides is 2. The second-order valence-corrected chi connectivity index (χ2v) is 9.61. The van der Waals surface area contributed by atoms with Crippen LogP contribution >= 0.6 is 0 Å². The number of nitrogens with one attached hydrogen (secondary N) is 1. The van der Waals surface area contributed by atoms with Gasteiger partial charge in [0.25, 0.3) is 5.91 Å². The largest absolute Gasteiger partial charge is 0.459 e. The molecular formula is C24H36N2O6. The highest BCUT2D eigenvalue weighted by Gasteiger charge is 2.40. The molecule has 2 rings (SSSR count). The molecule has 178 valence electrons. The lowest BCUT2D eigenvalue weighted by molar-refractivity contribution is -0.151. The van der Waals surface area contributed by atoms with E-state index >= 15 is 0 Å². The van der Waals surface area contributed by atoms with Gasteiger partial charge in [-0.05, 0) is 51.5 Å². The summed E-state index contributed by atoms with van der Waals surface area (Å²) in [6.07, 6.45) is -0.536. The maximum Gasteiger partial charge on any atom is 0.410 e. The van der Waals surface area contributed by atoms with Crippen molar-refractivity contribution in [1.82, 2.24) is 10.2 Å². The van der Waals surface area contributed by atoms with Crippen LogP contribution in [0.2, 0.25) is 0 Å². The van der Waals surface area contributed by atoms with Gasteiger partial charge in [-0.2, -0.15) is 0 Å². The summed E-state index contributed by atoms with van der Waals surface area (Å²) in [7, 11) is 0. The number of ether oxygens (including phenoxy) is 2. The van der Waals surface area contributed by atoms with Crippen molar-refractivity contribution in [3.63, 3.8) is 0 Å². The van der Waals surface area contributed by atoms with Crippen LogP contribution in [0.5, 0.6) is 0 Å². The summed E-state index contributed by atoms with van der Waals surface area (Å²) in [6, 6.07) is 7.67. The molecule has 2 unspecified atom stereocenters. The Hall–Kier alpha value is -2.61. The highest BCUT2D eigenvalue weighted by atomic mass is 16.6. The fourth-order valence-electron chi connectivity index (χ4n) is 3.61. The number of rotatable bonds is 8. The minimum absolute atomic E-state index is 0.0989. The first-order valence-corrected chi connectivity index (χ1v) is 11.2. The van der Waals surface area contributed by atoms with Gasteiger partial charge in [-0.25, -0.2) is 9.59 Å². The van der Waals surface area contributed by atoms with Crippen molar-refractivity contribution in [3.05, 3.63) is 35.9 Å². The molecule has 1 saturated heterocycles. The van der Waals surface area contributed by atoms with E-state index in [4.69, 9.17) is 9.47 Å². The minimum Gasteiger partial charge on any atom is -0.459 e. The lowest BCUT2D eigenvalue weighted by atomic mass is 10.0. The molecule has 3 atom stereocenters. The molecule has 1 aromatic rings. The molecule has 1 heterocycles. The molecule has 2 N–H and O–H groups in total. The molecule has 8 nitrogen and oxygen atoms in total. The van der Waals surface area contributed by atoms with Gasteiger partial charge in [0.15, 0.2) is 6.10 Å². The smallest absolute Gasteiger partial charge is 0.410 e. The van der Waals surface area contributed by atoms with E-state index in [-0.39, 0.29) is 12.5 Å². The van der Waals surface area contributed by atoms with Crippen LogP contribution < -0.4 is 5.32 Å². The number of carbonyl (C=O) groups is 3. The topological polar surface area (TPSA) is 105 Å². The Morgan fingerprint density at radius 3 is 2.44 bits per heavy atom. The van der Waals surface area contributed by atoms with Gasteiger partial charge in [0.05, 0.1) is 6.04 Å². The van der Waals surface area contributed by atoms with Gasteiger partial charge in [0, 0.05) is 6.54 Å². The van der Waals surface area contributed by atoms with Crippen molar-refractivity contribution in [3.8, 4) is 0 Å². The highest BCUT2D eigenvalue weighted by molar-refractivity contribution is 5.87. The Labute approximate surface area is 190 Å². The van der Waals surface area contributed by atoms with Crippen LogP contribution in [0.4, 0.5) is 4.79 Å². The van der Waals surface area contributed by atoms with Crippen molar-refractivity contribution in [2.75, 3.05) is 6.54 Å². The van der Waals surface area contributed by atoms with Crippen LogP contribution in [0.25, 0.3) is 0 Å². The van der Waals surface area contributed by atoms with Crippen molar-refractivity contribution in [2.45, 2.75) is 84.3 Å². The second kappa shape index (κ2) is 11.3. The number of esters is 1. The first-order chi connectivity index (χ1) is 15.0. The Morgan fingerprint density at radius 1 is 1.19 bits per heavy atom. The van der Waals surface area contributed by atoms with Crippen LogP contribution in [-0.4, -0.2) is 58.3 Å². The number of benzene rings is 1. The lowest BCUT2D eigenvalue weighted by Gasteiger charge is -2.31. The van der Waals surface area contributed by atoms with E-state index < -0.39 is 41.8 Å². The lowest BCUT2D eigenvalue weighted by Crippen LogP contribution is -2.54. The molecular weight excluding hydrogens is 412 g/mol. The average molecular weight is 449 g/mol. The molecule has 1 aliphatic rings. The first-order valence-electron chi connectivity index (χ1n) is 11.2. The number of aliphatic hydroxyl groups excluding tert-OH is 1. The van der Waals surface area contributed by atoms with Gasteiger partial charge in [-0.15, -0.1) is 0 Å². The van der Waals surface area contributed by atoms with Crippen LogP contribution in [0.3, 0.4) is 0 Å². The van der Waals surface area contributed by atoms with E-state index in [2.05, 4.69) is 5.32 Å². The molecule has 1 aromatic carbocycles. The fourth-order valence-corrected chi connectivity index (χ4v) is 3.61. The van der Waals surface area contributed by atoms with Crippen LogP contribution in [0.1, 0.15) is 59.4 Å². The van der Waals surface area contributed by atoms with Gasteiger partial charge in [0.1, 0.15) is 18.2 Å². The number of nitrogens with zero attached hydrogens (tertiary/aromatic N) is 1.